The van der Waals surface area contributed by atoms with Crippen LogP contribution in [0.2, 0.25) is 0 Å². The standard InChI is InChI=1S/C16H12N4S/c1-11-17-18-16-20(11)19-15(21-16)14-9-7-13(8-10-14)12-5-3-2-4-6-12/h2-10H,1H3. The Morgan fingerprint density at radius 3 is 2.19 bits per heavy atom. The third kappa shape index (κ3) is 2.11. The zero-order valence-electron chi connectivity index (χ0n) is 11.4. The summed E-state index contributed by atoms with van der Waals surface area (Å²) in [5, 5.41) is 13.6. The van der Waals surface area contributed by atoms with Gasteiger partial charge >= 0.3 is 0 Å². The molecular weight excluding hydrogens is 280 g/mol. The van der Waals surface area contributed by atoms with E-state index in [0.717, 1.165) is 21.4 Å². The molecule has 2 aromatic carbocycles. The molecule has 4 rings (SSSR count). The van der Waals surface area contributed by atoms with Crippen molar-refractivity contribution >= 4 is 16.3 Å². The first kappa shape index (κ1) is 12.2. The van der Waals surface area contributed by atoms with Crippen molar-refractivity contribution in [2.24, 2.45) is 0 Å². The fraction of sp³-hybridized carbons (Fsp3) is 0.0625. The molecule has 0 saturated carbocycles. The molecule has 2 aromatic heterocycles. The average molecular weight is 292 g/mol. The van der Waals surface area contributed by atoms with Crippen LogP contribution < -0.4 is 0 Å². The number of fused-ring (bicyclic) bond motifs is 1. The van der Waals surface area contributed by atoms with Gasteiger partial charge in [0, 0.05) is 5.56 Å². The highest BCUT2D eigenvalue weighted by Gasteiger charge is 2.10. The maximum absolute atomic E-state index is 4.56. The monoisotopic (exact) mass is 292 g/mol. The van der Waals surface area contributed by atoms with Crippen molar-refractivity contribution in [3.05, 3.63) is 60.4 Å². The third-order valence-corrected chi connectivity index (χ3v) is 4.33. The highest BCUT2D eigenvalue weighted by molar-refractivity contribution is 7.19. The highest BCUT2D eigenvalue weighted by Crippen LogP contribution is 2.28. The van der Waals surface area contributed by atoms with Gasteiger partial charge in [0.05, 0.1) is 0 Å². The molecule has 4 aromatic rings. The van der Waals surface area contributed by atoms with E-state index in [4.69, 9.17) is 0 Å². The van der Waals surface area contributed by atoms with E-state index in [1.54, 1.807) is 15.9 Å². The Bertz CT molecular complexity index is 891. The molecule has 102 valence electrons. The van der Waals surface area contributed by atoms with Crippen molar-refractivity contribution in [2.75, 3.05) is 0 Å². The van der Waals surface area contributed by atoms with Crippen molar-refractivity contribution in [1.29, 1.82) is 0 Å². The highest BCUT2D eigenvalue weighted by atomic mass is 32.1. The second-order valence-electron chi connectivity index (χ2n) is 4.79. The minimum Gasteiger partial charge on any atom is -0.187 e. The van der Waals surface area contributed by atoms with E-state index in [0.29, 0.717) is 0 Å². The quantitative estimate of drug-likeness (QED) is 0.564. The SMILES string of the molecule is Cc1nnc2sc(-c3ccc(-c4ccccc4)cc3)nn12. The zero-order chi connectivity index (χ0) is 14.2. The molecule has 0 bridgehead atoms. The van der Waals surface area contributed by atoms with Gasteiger partial charge in [-0.2, -0.15) is 9.61 Å². The second-order valence-corrected chi connectivity index (χ2v) is 5.75. The lowest BCUT2D eigenvalue weighted by Crippen LogP contribution is -1.88. The smallest absolute Gasteiger partial charge is 0.187 e. The Hall–Kier alpha value is -2.53. The predicted octanol–water partition coefficient (Wildman–Crippen LogP) is 3.83. The molecule has 0 aliphatic rings. The lowest BCUT2D eigenvalue weighted by Gasteiger charge is -2.02. The number of aromatic nitrogens is 4. The first-order valence-electron chi connectivity index (χ1n) is 6.66. The summed E-state index contributed by atoms with van der Waals surface area (Å²) in [4.78, 5) is 0.828. The number of nitrogens with zero attached hydrogens (tertiary/aromatic N) is 4. The molecule has 5 heteroatoms. The van der Waals surface area contributed by atoms with Crippen LogP contribution in [0.15, 0.2) is 54.6 Å². The van der Waals surface area contributed by atoms with Crippen LogP contribution in [0.4, 0.5) is 0 Å². The number of aryl methyl sites for hydroxylation is 1. The molecule has 4 nitrogen and oxygen atoms in total. The van der Waals surface area contributed by atoms with Gasteiger partial charge in [-0.15, -0.1) is 10.2 Å². The predicted molar refractivity (Wildman–Crippen MR) is 84.3 cm³/mol. The molecule has 2 heterocycles. The normalized spacial score (nSPS) is 11.1. The maximum Gasteiger partial charge on any atom is 0.234 e. The van der Waals surface area contributed by atoms with Crippen molar-refractivity contribution in [3.8, 4) is 21.7 Å². The molecule has 0 aliphatic heterocycles. The molecule has 0 unspecified atom stereocenters. The lowest BCUT2D eigenvalue weighted by molar-refractivity contribution is 0.898. The van der Waals surface area contributed by atoms with Crippen LogP contribution in [-0.2, 0) is 0 Å². The van der Waals surface area contributed by atoms with Gasteiger partial charge in [0.15, 0.2) is 5.82 Å². The fourth-order valence-electron chi connectivity index (χ4n) is 2.27. The van der Waals surface area contributed by atoms with Gasteiger partial charge in [0.25, 0.3) is 0 Å². The van der Waals surface area contributed by atoms with Gasteiger partial charge < -0.3 is 0 Å². The van der Waals surface area contributed by atoms with Crippen LogP contribution in [0.3, 0.4) is 0 Å². The van der Waals surface area contributed by atoms with E-state index >= 15 is 0 Å². The molecule has 0 aliphatic carbocycles. The fourth-order valence-corrected chi connectivity index (χ4v) is 3.16. The molecule has 0 spiro atoms. The van der Waals surface area contributed by atoms with Gasteiger partial charge in [-0.25, -0.2) is 0 Å². The summed E-state index contributed by atoms with van der Waals surface area (Å²) in [5.74, 6) is 0.813. The molecule has 0 atom stereocenters. The topological polar surface area (TPSA) is 43.1 Å². The number of benzene rings is 2. The number of hydrogen-bond donors (Lipinski definition) is 0. The Morgan fingerprint density at radius 1 is 0.810 bits per heavy atom. The summed E-state index contributed by atoms with van der Waals surface area (Å²) in [6.45, 7) is 1.90. The van der Waals surface area contributed by atoms with Crippen molar-refractivity contribution < 1.29 is 0 Å². The largest absolute Gasteiger partial charge is 0.234 e. The first-order valence-corrected chi connectivity index (χ1v) is 7.47. The Kier molecular flexibility index (Phi) is 2.79. The lowest BCUT2D eigenvalue weighted by atomic mass is 10.0. The van der Waals surface area contributed by atoms with E-state index in [1.807, 2.05) is 13.0 Å². The van der Waals surface area contributed by atoms with E-state index in [2.05, 4.69) is 63.8 Å². The number of rotatable bonds is 2. The first-order chi connectivity index (χ1) is 10.3. The van der Waals surface area contributed by atoms with Crippen LogP contribution in [0.25, 0.3) is 26.7 Å². The third-order valence-electron chi connectivity index (χ3n) is 3.39. The summed E-state index contributed by atoms with van der Waals surface area (Å²) >= 11 is 1.55. The second kappa shape index (κ2) is 4.79. The van der Waals surface area contributed by atoms with E-state index in [-0.39, 0.29) is 0 Å². The Labute approximate surface area is 125 Å². The summed E-state index contributed by atoms with van der Waals surface area (Å²) in [6, 6.07) is 18.8. The minimum atomic E-state index is 0.813. The van der Waals surface area contributed by atoms with Crippen molar-refractivity contribution in [2.45, 2.75) is 6.92 Å². The van der Waals surface area contributed by atoms with Gasteiger partial charge in [-0.3, -0.25) is 0 Å². The summed E-state index contributed by atoms with van der Waals surface area (Å²) in [6.07, 6.45) is 0. The molecule has 0 N–H and O–H groups in total. The van der Waals surface area contributed by atoms with Gasteiger partial charge in [0.1, 0.15) is 5.01 Å². The maximum atomic E-state index is 4.56. The van der Waals surface area contributed by atoms with Crippen molar-refractivity contribution in [3.63, 3.8) is 0 Å². The van der Waals surface area contributed by atoms with E-state index < -0.39 is 0 Å². The molecule has 0 radical (unpaired) electrons. The zero-order valence-corrected chi connectivity index (χ0v) is 12.2. The minimum absolute atomic E-state index is 0.813. The number of hydrogen-bond acceptors (Lipinski definition) is 4. The van der Waals surface area contributed by atoms with E-state index in [1.165, 1.54) is 11.1 Å². The summed E-state index contributed by atoms with van der Waals surface area (Å²) in [5.41, 5.74) is 3.53. The summed E-state index contributed by atoms with van der Waals surface area (Å²) < 4.78 is 1.78. The Balaban J connectivity index is 1.73. The van der Waals surface area contributed by atoms with Crippen LogP contribution in [-0.4, -0.2) is 19.8 Å². The summed E-state index contributed by atoms with van der Waals surface area (Å²) in [7, 11) is 0. The molecule has 0 saturated heterocycles. The van der Waals surface area contributed by atoms with Gasteiger partial charge in [-0.05, 0) is 18.1 Å². The van der Waals surface area contributed by atoms with E-state index in [9.17, 15) is 0 Å². The van der Waals surface area contributed by atoms with Crippen molar-refractivity contribution in [1.82, 2.24) is 19.8 Å². The molecule has 21 heavy (non-hydrogen) atoms. The molecule has 0 fully saturated rings. The molecular formula is C16H12N4S. The van der Waals surface area contributed by atoms with Crippen LogP contribution in [0.1, 0.15) is 5.82 Å². The van der Waals surface area contributed by atoms with Crippen LogP contribution in [0.5, 0.6) is 0 Å². The Morgan fingerprint density at radius 2 is 1.48 bits per heavy atom. The molecule has 0 amide bonds. The van der Waals surface area contributed by atoms with Gasteiger partial charge in [-0.1, -0.05) is 65.9 Å². The van der Waals surface area contributed by atoms with Gasteiger partial charge in [0.2, 0.25) is 4.96 Å². The average Bonchev–Trinajstić information content (AvgIpc) is 3.11. The van der Waals surface area contributed by atoms with Crippen LogP contribution in [0, 0.1) is 6.92 Å². The van der Waals surface area contributed by atoms with Crippen LogP contribution >= 0.6 is 11.3 Å².